The Balaban J connectivity index is 1.64. The Kier molecular flexibility index (Phi) is 5.53. The number of esters is 1. The minimum absolute atomic E-state index is 0.299. The third-order valence-corrected chi connectivity index (χ3v) is 3.63. The van der Waals surface area contributed by atoms with Crippen LogP contribution < -0.4 is 14.8 Å². The molecule has 0 spiro atoms. The van der Waals surface area contributed by atoms with Crippen LogP contribution >= 0.6 is 0 Å². The van der Waals surface area contributed by atoms with Gasteiger partial charge in [-0.15, -0.1) is 0 Å². The first kappa shape index (κ1) is 17.5. The number of ether oxygens (including phenoxy) is 3. The predicted octanol–water partition coefficient (Wildman–Crippen LogP) is 3.29. The standard InChI is InChI=1S/C20H19NO5/c1-2-24-20(23)15-4-3-5-16(13-15)21-19(22)9-7-14-6-8-17-18(12-14)26-11-10-25-17/h3-9,12-13H,2,10-11H2,1H3,(H,21,22)/b9-7+. The zero-order chi connectivity index (χ0) is 18.4. The lowest BCUT2D eigenvalue weighted by Gasteiger charge is -2.18. The van der Waals surface area contributed by atoms with Crippen molar-refractivity contribution in [1.82, 2.24) is 0 Å². The summed E-state index contributed by atoms with van der Waals surface area (Å²) in [6, 6.07) is 12.1. The highest BCUT2D eigenvalue weighted by molar-refractivity contribution is 6.02. The maximum Gasteiger partial charge on any atom is 0.338 e. The van der Waals surface area contributed by atoms with E-state index in [1.807, 2.05) is 18.2 Å². The molecule has 1 amide bonds. The van der Waals surface area contributed by atoms with Crippen LogP contribution in [0, 0.1) is 0 Å². The van der Waals surface area contributed by atoms with Gasteiger partial charge in [0.2, 0.25) is 5.91 Å². The first-order valence-corrected chi connectivity index (χ1v) is 8.31. The normalized spacial score (nSPS) is 12.7. The number of carbonyl (C=O) groups is 2. The first-order chi connectivity index (χ1) is 12.7. The van der Waals surface area contributed by atoms with Gasteiger partial charge >= 0.3 is 5.97 Å². The number of rotatable bonds is 5. The van der Waals surface area contributed by atoms with Crippen molar-refractivity contribution in [1.29, 1.82) is 0 Å². The molecule has 1 aliphatic heterocycles. The molecule has 0 aliphatic carbocycles. The summed E-state index contributed by atoms with van der Waals surface area (Å²) in [5.74, 6) is 0.644. The van der Waals surface area contributed by atoms with E-state index in [1.165, 1.54) is 6.08 Å². The average Bonchev–Trinajstić information content (AvgIpc) is 2.66. The number of fused-ring (bicyclic) bond motifs is 1. The molecule has 2 aromatic carbocycles. The van der Waals surface area contributed by atoms with E-state index in [0.717, 1.165) is 5.56 Å². The van der Waals surface area contributed by atoms with Crippen molar-refractivity contribution in [3.05, 3.63) is 59.7 Å². The van der Waals surface area contributed by atoms with Gasteiger partial charge in [0, 0.05) is 11.8 Å². The molecule has 0 saturated carbocycles. The number of carbonyl (C=O) groups excluding carboxylic acids is 2. The lowest BCUT2D eigenvalue weighted by Crippen LogP contribution is -2.15. The minimum atomic E-state index is -0.421. The Labute approximate surface area is 151 Å². The highest BCUT2D eigenvalue weighted by atomic mass is 16.6. The van der Waals surface area contributed by atoms with E-state index in [4.69, 9.17) is 14.2 Å². The lowest BCUT2D eigenvalue weighted by atomic mass is 10.1. The predicted molar refractivity (Wildman–Crippen MR) is 97.5 cm³/mol. The van der Waals surface area contributed by atoms with Crippen LogP contribution in [0.5, 0.6) is 11.5 Å². The van der Waals surface area contributed by atoms with Gasteiger partial charge in [0.1, 0.15) is 13.2 Å². The van der Waals surface area contributed by atoms with E-state index in [2.05, 4.69) is 5.32 Å². The third kappa shape index (κ3) is 4.42. The molecule has 0 bridgehead atoms. The molecule has 6 heteroatoms. The molecule has 26 heavy (non-hydrogen) atoms. The van der Waals surface area contributed by atoms with Gasteiger partial charge in [-0.3, -0.25) is 4.79 Å². The number of benzene rings is 2. The summed E-state index contributed by atoms with van der Waals surface area (Å²) in [5.41, 5.74) is 1.73. The largest absolute Gasteiger partial charge is 0.486 e. The maximum atomic E-state index is 12.1. The van der Waals surface area contributed by atoms with Gasteiger partial charge in [0.25, 0.3) is 0 Å². The number of nitrogens with one attached hydrogen (secondary N) is 1. The summed E-state index contributed by atoms with van der Waals surface area (Å²) in [6.07, 6.45) is 3.10. The van der Waals surface area contributed by atoms with Crippen molar-refractivity contribution in [2.24, 2.45) is 0 Å². The van der Waals surface area contributed by atoms with Crippen molar-refractivity contribution in [3.63, 3.8) is 0 Å². The average molecular weight is 353 g/mol. The molecule has 0 saturated heterocycles. The van der Waals surface area contributed by atoms with Crippen LogP contribution in [0.2, 0.25) is 0 Å². The Bertz CT molecular complexity index is 844. The molecule has 2 aromatic rings. The van der Waals surface area contributed by atoms with Gasteiger partial charge in [0.05, 0.1) is 12.2 Å². The lowest BCUT2D eigenvalue weighted by molar-refractivity contribution is -0.111. The molecule has 134 valence electrons. The fourth-order valence-electron chi connectivity index (χ4n) is 2.46. The van der Waals surface area contributed by atoms with E-state index in [-0.39, 0.29) is 5.91 Å². The molecule has 0 atom stereocenters. The van der Waals surface area contributed by atoms with Gasteiger partial charge < -0.3 is 19.5 Å². The van der Waals surface area contributed by atoms with Crippen LogP contribution in [0.1, 0.15) is 22.8 Å². The first-order valence-electron chi connectivity index (χ1n) is 8.31. The third-order valence-electron chi connectivity index (χ3n) is 3.63. The van der Waals surface area contributed by atoms with Crippen LogP contribution in [-0.4, -0.2) is 31.7 Å². The molecule has 1 aliphatic rings. The molecule has 0 fully saturated rings. The highest BCUT2D eigenvalue weighted by Gasteiger charge is 2.11. The molecule has 1 N–H and O–H groups in total. The van der Waals surface area contributed by atoms with Crippen molar-refractivity contribution in [2.75, 3.05) is 25.1 Å². The fourth-order valence-corrected chi connectivity index (χ4v) is 2.46. The SMILES string of the molecule is CCOC(=O)c1cccc(NC(=O)/C=C/c2ccc3c(c2)OCCO3)c1. The zero-order valence-electron chi connectivity index (χ0n) is 14.4. The van der Waals surface area contributed by atoms with Gasteiger partial charge in [0.15, 0.2) is 11.5 Å². The maximum absolute atomic E-state index is 12.1. The molecule has 1 heterocycles. The molecular formula is C20H19NO5. The van der Waals surface area contributed by atoms with E-state index < -0.39 is 5.97 Å². The summed E-state index contributed by atoms with van der Waals surface area (Å²) < 4.78 is 15.9. The zero-order valence-corrected chi connectivity index (χ0v) is 14.4. The van der Waals surface area contributed by atoms with Gasteiger partial charge in [-0.25, -0.2) is 4.79 Å². The Morgan fingerprint density at radius 3 is 2.73 bits per heavy atom. The second kappa shape index (κ2) is 8.20. The summed E-state index contributed by atoms with van der Waals surface area (Å²) >= 11 is 0. The van der Waals surface area contributed by atoms with Crippen molar-refractivity contribution < 1.29 is 23.8 Å². The van der Waals surface area contributed by atoms with E-state index in [1.54, 1.807) is 37.3 Å². The second-order valence-electron chi connectivity index (χ2n) is 5.53. The molecule has 0 unspecified atom stereocenters. The minimum Gasteiger partial charge on any atom is -0.486 e. The molecular weight excluding hydrogens is 334 g/mol. The topological polar surface area (TPSA) is 73.9 Å². The Morgan fingerprint density at radius 2 is 1.92 bits per heavy atom. The van der Waals surface area contributed by atoms with Gasteiger partial charge in [-0.05, 0) is 48.9 Å². The Hall–Kier alpha value is -3.28. The molecule has 0 aromatic heterocycles. The smallest absolute Gasteiger partial charge is 0.338 e. The monoisotopic (exact) mass is 353 g/mol. The van der Waals surface area contributed by atoms with Crippen LogP contribution in [-0.2, 0) is 9.53 Å². The molecule has 6 nitrogen and oxygen atoms in total. The van der Waals surface area contributed by atoms with Gasteiger partial charge in [-0.1, -0.05) is 12.1 Å². The van der Waals surface area contributed by atoms with Crippen LogP contribution in [0.4, 0.5) is 5.69 Å². The van der Waals surface area contributed by atoms with E-state index >= 15 is 0 Å². The quantitative estimate of drug-likeness (QED) is 0.660. The van der Waals surface area contributed by atoms with Crippen LogP contribution in [0.3, 0.4) is 0 Å². The summed E-state index contributed by atoms with van der Waals surface area (Å²) in [7, 11) is 0. The van der Waals surface area contributed by atoms with Crippen molar-refractivity contribution in [2.45, 2.75) is 6.92 Å². The number of anilines is 1. The number of hydrogen-bond acceptors (Lipinski definition) is 5. The fraction of sp³-hybridized carbons (Fsp3) is 0.200. The van der Waals surface area contributed by atoms with Crippen molar-refractivity contribution in [3.8, 4) is 11.5 Å². The summed E-state index contributed by atoms with van der Waals surface area (Å²) in [4.78, 5) is 23.9. The molecule has 3 rings (SSSR count). The van der Waals surface area contributed by atoms with E-state index in [9.17, 15) is 9.59 Å². The van der Waals surface area contributed by atoms with Crippen LogP contribution in [0.25, 0.3) is 6.08 Å². The van der Waals surface area contributed by atoms with Crippen molar-refractivity contribution >= 4 is 23.6 Å². The van der Waals surface area contributed by atoms with Crippen LogP contribution in [0.15, 0.2) is 48.5 Å². The second-order valence-corrected chi connectivity index (χ2v) is 5.53. The number of hydrogen-bond donors (Lipinski definition) is 1. The van der Waals surface area contributed by atoms with E-state index in [0.29, 0.717) is 42.6 Å². The summed E-state index contributed by atoms with van der Waals surface area (Å²) in [6.45, 7) is 3.09. The molecule has 0 radical (unpaired) electrons. The Morgan fingerprint density at radius 1 is 1.12 bits per heavy atom. The number of amides is 1. The van der Waals surface area contributed by atoms with Gasteiger partial charge in [-0.2, -0.15) is 0 Å². The summed E-state index contributed by atoms with van der Waals surface area (Å²) in [5, 5.41) is 2.72. The highest BCUT2D eigenvalue weighted by Crippen LogP contribution is 2.31.